The van der Waals surface area contributed by atoms with Crippen LogP contribution in [0.5, 0.6) is 0 Å². The highest BCUT2D eigenvalue weighted by Crippen LogP contribution is 2.77. The number of carbonyl (C=O) groups is 3. The summed E-state index contributed by atoms with van der Waals surface area (Å²) in [6, 6.07) is 47.0. The van der Waals surface area contributed by atoms with Crippen LogP contribution in [0.3, 0.4) is 0 Å². The highest BCUT2D eigenvalue weighted by Gasteiger charge is 2.86. The van der Waals surface area contributed by atoms with Gasteiger partial charge in [-0.3, -0.25) is 14.4 Å². The first-order valence-corrected chi connectivity index (χ1v) is 15.7. The third kappa shape index (κ3) is 3.31. The van der Waals surface area contributed by atoms with Gasteiger partial charge < -0.3 is 0 Å². The van der Waals surface area contributed by atoms with Crippen LogP contribution in [0.25, 0.3) is 0 Å². The number of carbonyl (C=O) groups excluding carboxylic acids is 3. The number of anilines is 1. The van der Waals surface area contributed by atoms with Gasteiger partial charge >= 0.3 is 0 Å². The van der Waals surface area contributed by atoms with Crippen LogP contribution in [0.15, 0.2) is 150 Å². The second-order valence-electron chi connectivity index (χ2n) is 12.0. The van der Waals surface area contributed by atoms with Crippen LogP contribution in [-0.4, -0.2) is 17.6 Å². The minimum atomic E-state index is -1.29. The Morgan fingerprint density at radius 2 is 0.818 bits per heavy atom. The Kier molecular flexibility index (Phi) is 6.11. The summed E-state index contributed by atoms with van der Waals surface area (Å²) in [5, 5.41) is 0. The van der Waals surface area contributed by atoms with Crippen molar-refractivity contribution < 1.29 is 14.4 Å². The number of para-hydroxylation sites is 1. The number of hydrogen-bond donors (Lipinski definition) is 0. The van der Waals surface area contributed by atoms with Gasteiger partial charge in [-0.05, 0) is 50.3 Å². The van der Waals surface area contributed by atoms with E-state index in [2.05, 4.69) is 40.2 Å². The number of imide groups is 1. The van der Waals surface area contributed by atoms with Crippen molar-refractivity contribution in [2.75, 3.05) is 4.90 Å². The third-order valence-electron chi connectivity index (χ3n) is 10.3. The van der Waals surface area contributed by atoms with Gasteiger partial charge in [0.2, 0.25) is 11.8 Å². The Hall–Kier alpha value is -4.61. The highest BCUT2D eigenvalue weighted by molar-refractivity contribution is 9.10. The topological polar surface area (TPSA) is 54.5 Å². The van der Waals surface area contributed by atoms with E-state index in [1.807, 2.05) is 115 Å². The summed E-state index contributed by atoms with van der Waals surface area (Å²) in [7, 11) is 0. The predicted octanol–water partition coefficient (Wildman–Crippen LogP) is 7.59. The molecule has 2 saturated carbocycles. The molecule has 5 aromatic rings. The minimum Gasteiger partial charge on any atom is -0.298 e. The Morgan fingerprint density at radius 3 is 1.23 bits per heavy atom. The van der Waals surface area contributed by atoms with Crippen molar-refractivity contribution >= 4 is 39.2 Å². The molecule has 5 aromatic carbocycles. The summed E-state index contributed by atoms with van der Waals surface area (Å²) in [4.78, 5) is 47.2. The van der Waals surface area contributed by atoms with Gasteiger partial charge in [0.1, 0.15) is 0 Å². The SMILES string of the molecule is O=C1[C@H]2[C@H](C(=O)N1c1ccccc1Br)[C@]1(c3ccccc3)C(=O)[C@]2(c2ccccc2)[C@H](c2ccccc2)[C@H]1c1ccccc1. The lowest BCUT2D eigenvalue weighted by Gasteiger charge is -2.46. The van der Waals surface area contributed by atoms with Crippen LogP contribution in [0.1, 0.15) is 34.1 Å². The number of benzene rings is 5. The van der Waals surface area contributed by atoms with Crippen molar-refractivity contribution in [2.45, 2.75) is 22.7 Å². The second-order valence-corrected chi connectivity index (χ2v) is 12.8. The third-order valence-corrected chi connectivity index (χ3v) is 10.9. The van der Waals surface area contributed by atoms with Gasteiger partial charge in [-0.15, -0.1) is 0 Å². The van der Waals surface area contributed by atoms with E-state index < -0.39 is 34.5 Å². The number of amides is 2. The summed E-state index contributed by atoms with van der Waals surface area (Å²) in [6.07, 6.45) is 0. The molecule has 3 aliphatic rings. The lowest BCUT2D eigenvalue weighted by molar-refractivity contribution is -0.131. The first kappa shape index (κ1) is 27.0. The quantitative estimate of drug-likeness (QED) is 0.187. The molecule has 2 aliphatic carbocycles. The van der Waals surface area contributed by atoms with E-state index in [0.717, 1.165) is 22.3 Å². The summed E-state index contributed by atoms with van der Waals surface area (Å²) < 4.78 is 0.655. The van der Waals surface area contributed by atoms with Crippen LogP contribution < -0.4 is 4.90 Å². The number of rotatable bonds is 5. The largest absolute Gasteiger partial charge is 0.298 e. The van der Waals surface area contributed by atoms with E-state index in [-0.39, 0.29) is 17.6 Å². The molecule has 4 nitrogen and oxygen atoms in total. The van der Waals surface area contributed by atoms with Crippen LogP contribution in [-0.2, 0) is 25.2 Å². The molecule has 44 heavy (non-hydrogen) atoms. The number of halogens is 1. The highest BCUT2D eigenvalue weighted by atomic mass is 79.9. The Bertz CT molecular complexity index is 1800. The average molecular weight is 639 g/mol. The van der Waals surface area contributed by atoms with Gasteiger partial charge in [0.25, 0.3) is 0 Å². The zero-order chi connectivity index (χ0) is 30.1. The number of ketones is 1. The molecule has 1 saturated heterocycles. The molecule has 0 spiro atoms. The van der Waals surface area contributed by atoms with Crippen molar-refractivity contribution in [1.29, 1.82) is 0 Å². The molecule has 2 bridgehead atoms. The molecule has 1 aliphatic heterocycles. The summed E-state index contributed by atoms with van der Waals surface area (Å²) in [6.45, 7) is 0. The molecule has 214 valence electrons. The van der Waals surface area contributed by atoms with Crippen molar-refractivity contribution in [3.8, 4) is 0 Å². The molecule has 0 N–H and O–H groups in total. The number of Topliss-reactive ketones (excluding diaryl/α,β-unsaturated/α-hetero) is 1. The average Bonchev–Trinajstić information content (AvgIpc) is 3.59. The van der Waals surface area contributed by atoms with E-state index in [0.29, 0.717) is 10.2 Å². The molecule has 6 atom stereocenters. The zero-order valence-corrected chi connectivity index (χ0v) is 25.3. The van der Waals surface area contributed by atoms with Gasteiger partial charge in [-0.2, -0.15) is 0 Å². The number of fused-ring (bicyclic) bond motifs is 5. The first-order chi connectivity index (χ1) is 21.5. The molecule has 0 aromatic heterocycles. The van der Waals surface area contributed by atoms with Crippen LogP contribution in [0.2, 0.25) is 0 Å². The lowest BCUT2D eigenvalue weighted by atomic mass is 9.52. The van der Waals surface area contributed by atoms with Crippen LogP contribution in [0.4, 0.5) is 5.69 Å². The van der Waals surface area contributed by atoms with E-state index in [9.17, 15) is 9.59 Å². The fourth-order valence-corrected chi connectivity index (χ4v) is 9.38. The van der Waals surface area contributed by atoms with Gasteiger partial charge in [-0.25, -0.2) is 4.90 Å². The summed E-state index contributed by atoms with van der Waals surface area (Å²) in [5.41, 5.74) is 1.45. The Labute approximate surface area is 264 Å². The normalized spacial score (nSPS) is 28.8. The van der Waals surface area contributed by atoms with Gasteiger partial charge in [0, 0.05) is 16.3 Å². The van der Waals surface area contributed by atoms with Gasteiger partial charge in [0.15, 0.2) is 5.78 Å². The van der Waals surface area contributed by atoms with Crippen molar-refractivity contribution in [1.82, 2.24) is 0 Å². The van der Waals surface area contributed by atoms with Crippen LogP contribution in [0, 0.1) is 11.8 Å². The Morgan fingerprint density at radius 1 is 0.455 bits per heavy atom. The van der Waals surface area contributed by atoms with Crippen molar-refractivity contribution in [3.05, 3.63) is 172 Å². The summed E-state index contributed by atoms with van der Waals surface area (Å²) in [5.74, 6) is -3.28. The lowest BCUT2D eigenvalue weighted by Crippen LogP contribution is -2.49. The molecule has 2 amide bonds. The van der Waals surface area contributed by atoms with E-state index in [4.69, 9.17) is 0 Å². The second kappa shape index (κ2) is 9.96. The first-order valence-electron chi connectivity index (χ1n) is 14.9. The minimum absolute atomic E-state index is 0.0476. The van der Waals surface area contributed by atoms with Crippen molar-refractivity contribution in [2.24, 2.45) is 11.8 Å². The predicted molar refractivity (Wildman–Crippen MR) is 173 cm³/mol. The van der Waals surface area contributed by atoms with E-state index >= 15 is 4.79 Å². The van der Waals surface area contributed by atoms with E-state index in [1.165, 1.54) is 4.90 Å². The molecule has 0 radical (unpaired) electrons. The number of hydrogen-bond acceptors (Lipinski definition) is 3. The fourth-order valence-electron chi connectivity index (χ4n) is 8.92. The standard InChI is InChI=1S/C39H28BrNO3/c40-29-23-13-14-24-30(29)41-35(42)33-34(36(41)43)39(28-21-11-4-12-22-28)32(26-17-7-2-8-18-26)31(25-15-5-1-6-16-25)38(33,37(39)44)27-19-9-3-10-20-27/h1-24,31-34H/t31-,32-,33-,34-,38-,39-/m1/s1. The van der Waals surface area contributed by atoms with Gasteiger partial charge in [-0.1, -0.05) is 133 Å². The zero-order valence-electron chi connectivity index (χ0n) is 23.7. The smallest absolute Gasteiger partial charge is 0.239 e. The van der Waals surface area contributed by atoms with E-state index in [1.54, 1.807) is 6.07 Å². The molecule has 8 rings (SSSR count). The van der Waals surface area contributed by atoms with Crippen LogP contribution >= 0.6 is 15.9 Å². The Balaban J connectivity index is 1.53. The number of nitrogens with zero attached hydrogens (tertiary/aromatic N) is 1. The van der Waals surface area contributed by atoms with Crippen molar-refractivity contribution in [3.63, 3.8) is 0 Å². The molecule has 0 unspecified atom stereocenters. The maximum Gasteiger partial charge on any atom is 0.239 e. The fraction of sp³-hybridized carbons (Fsp3) is 0.154. The molecule has 1 heterocycles. The molecular formula is C39H28BrNO3. The van der Waals surface area contributed by atoms with Gasteiger partial charge in [0.05, 0.1) is 28.4 Å². The molecule has 3 fully saturated rings. The maximum atomic E-state index is 15.9. The monoisotopic (exact) mass is 637 g/mol. The maximum absolute atomic E-state index is 15.9. The molecular weight excluding hydrogens is 610 g/mol. The summed E-state index contributed by atoms with van der Waals surface area (Å²) >= 11 is 3.60. The molecule has 5 heteroatoms.